The molecule has 0 radical (unpaired) electrons. The maximum atomic E-state index is 11.9. The van der Waals surface area contributed by atoms with Crippen LogP contribution in [-0.4, -0.2) is 20.9 Å². The molecule has 0 amide bonds. The number of aromatic carboxylic acids is 1. The summed E-state index contributed by atoms with van der Waals surface area (Å²) in [4.78, 5) is 22.8. The van der Waals surface area contributed by atoms with Crippen molar-refractivity contribution in [3.05, 3.63) is 57.0 Å². The van der Waals surface area contributed by atoms with Crippen LogP contribution in [-0.2, 0) is 0 Å². The predicted molar refractivity (Wildman–Crippen MR) is 71.0 cm³/mol. The Labute approximate surface area is 110 Å². The predicted octanol–water partition coefficient (Wildman–Crippen LogP) is 1.86. The van der Waals surface area contributed by atoms with Crippen LogP contribution in [0.1, 0.15) is 27.2 Å². The van der Waals surface area contributed by atoms with Gasteiger partial charge in [-0.05, 0) is 38.0 Å². The van der Waals surface area contributed by atoms with Gasteiger partial charge in [0.15, 0.2) is 5.69 Å². The van der Waals surface area contributed by atoms with E-state index in [4.69, 9.17) is 5.11 Å². The second-order valence-corrected chi connectivity index (χ2v) is 4.52. The van der Waals surface area contributed by atoms with E-state index in [1.807, 2.05) is 32.9 Å². The number of carboxylic acids is 1. The summed E-state index contributed by atoms with van der Waals surface area (Å²) < 4.78 is 1.15. The quantitative estimate of drug-likeness (QED) is 0.892. The normalized spacial score (nSPS) is 10.5. The minimum atomic E-state index is -1.16. The zero-order valence-electron chi connectivity index (χ0n) is 11.0. The molecule has 0 saturated heterocycles. The molecule has 0 saturated carbocycles. The lowest BCUT2D eigenvalue weighted by Crippen LogP contribution is -2.24. The largest absolute Gasteiger partial charge is 0.476 e. The van der Waals surface area contributed by atoms with Crippen molar-refractivity contribution in [2.45, 2.75) is 20.8 Å². The molecule has 0 unspecified atom stereocenters. The van der Waals surface area contributed by atoms with Crippen molar-refractivity contribution in [2.24, 2.45) is 0 Å². The van der Waals surface area contributed by atoms with Gasteiger partial charge in [-0.25, -0.2) is 4.79 Å². The van der Waals surface area contributed by atoms with Crippen molar-refractivity contribution < 1.29 is 9.90 Å². The molecule has 1 aromatic heterocycles. The SMILES string of the molecule is Cc1cc(C)c(-n2nc(C(=O)O)ccc2=O)c(C)c1. The Bertz CT molecular complexity index is 694. The van der Waals surface area contributed by atoms with Gasteiger partial charge in [-0.2, -0.15) is 9.78 Å². The molecule has 2 aromatic rings. The molecule has 0 aliphatic carbocycles. The first-order chi connectivity index (χ1) is 8.90. The van der Waals surface area contributed by atoms with Crippen molar-refractivity contribution >= 4 is 5.97 Å². The zero-order valence-corrected chi connectivity index (χ0v) is 11.0. The number of rotatable bonds is 2. The van der Waals surface area contributed by atoms with E-state index in [0.717, 1.165) is 21.4 Å². The van der Waals surface area contributed by atoms with Crippen LogP contribution in [0.25, 0.3) is 5.69 Å². The van der Waals surface area contributed by atoms with Gasteiger partial charge < -0.3 is 5.11 Å². The number of aryl methyl sites for hydroxylation is 3. The topological polar surface area (TPSA) is 72.2 Å². The summed E-state index contributed by atoms with van der Waals surface area (Å²) in [5, 5.41) is 12.8. The molecule has 98 valence electrons. The van der Waals surface area contributed by atoms with Crippen LogP contribution in [0, 0.1) is 20.8 Å². The Kier molecular flexibility index (Phi) is 3.21. The fourth-order valence-corrected chi connectivity index (χ4v) is 2.19. The summed E-state index contributed by atoms with van der Waals surface area (Å²) in [7, 11) is 0. The molecule has 1 N–H and O–H groups in total. The summed E-state index contributed by atoms with van der Waals surface area (Å²) >= 11 is 0. The van der Waals surface area contributed by atoms with Crippen molar-refractivity contribution in [1.82, 2.24) is 9.78 Å². The smallest absolute Gasteiger partial charge is 0.356 e. The van der Waals surface area contributed by atoms with Crippen LogP contribution in [0.5, 0.6) is 0 Å². The van der Waals surface area contributed by atoms with Crippen LogP contribution >= 0.6 is 0 Å². The number of hydrogen-bond acceptors (Lipinski definition) is 3. The van der Waals surface area contributed by atoms with Gasteiger partial charge in [0, 0.05) is 6.07 Å². The molecule has 0 spiro atoms. The van der Waals surface area contributed by atoms with Gasteiger partial charge in [-0.1, -0.05) is 17.7 Å². The number of carboxylic acid groups (broad SMARTS) is 1. The Morgan fingerprint density at radius 3 is 2.26 bits per heavy atom. The minimum Gasteiger partial charge on any atom is -0.476 e. The van der Waals surface area contributed by atoms with E-state index in [1.54, 1.807) is 0 Å². The standard InChI is InChI=1S/C14H14N2O3/c1-8-6-9(2)13(10(3)7-8)16-12(17)5-4-11(15-16)14(18)19/h4-7H,1-3H3,(H,18,19). The van der Waals surface area contributed by atoms with E-state index >= 15 is 0 Å². The van der Waals surface area contributed by atoms with Crippen molar-refractivity contribution in [2.75, 3.05) is 0 Å². The van der Waals surface area contributed by atoms with E-state index in [1.165, 1.54) is 12.1 Å². The number of carbonyl (C=O) groups is 1. The third kappa shape index (κ3) is 2.40. The van der Waals surface area contributed by atoms with Gasteiger partial charge in [-0.3, -0.25) is 4.79 Å². The Hall–Kier alpha value is -2.43. The maximum Gasteiger partial charge on any atom is 0.356 e. The Morgan fingerprint density at radius 1 is 1.16 bits per heavy atom. The third-order valence-electron chi connectivity index (χ3n) is 2.87. The summed E-state index contributed by atoms with van der Waals surface area (Å²) in [5.41, 5.74) is 2.99. The minimum absolute atomic E-state index is 0.154. The van der Waals surface area contributed by atoms with Gasteiger partial charge in [0.2, 0.25) is 0 Å². The van der Waals surface area contributed by atoms with Crippen LogP contribution < -0.4 is 5.56 Å². The number of nitrogens with zero attached hydrogens (tertiary/aromatic N) is 2. The first kappa shape index (κ1) is 13.0. The molecule has 1 heterocycles. The first-order valence-corrected chi connectivity index (χ1v) is 5.82. The second-order valence-electron chi connectivity index (χ2n) is 4.52. The second kappa shape index (κ2) is 4.68. The molecular weight excluding hydrogens is 244 g/mol. The fourth-order valence-electron chi connectivity index (χ4n) is 2.19. The Morgan fingerprint density at radius 2 is 1.74 bits per heavy atom. The highest BCUT2D eigenvalue weighted by atomic mass is 16.4. The summed E-state index contributed by atoms with van der Waals surface area (Å²) in [6.45, 7) is 5.71. The molecule has 0 fully saturated rings. The molecule has 19 heavy (non-hydrogen) atoms. The van der Waals surface area contributed by atoms with E-state index in [-0.39, 0.29) is 11.3 Å². The molecule has 2 rings (SSSR count). The zero-order chi connectivity index (χ0) is 14.2. The molecule has 0 atom stereocenters. The van der Waals surface area contributed by atoms with Gasteiger partial charge in [-0.15, -0.1) is 0 Å². The van der Waals surface area contributed by atoms with E-state index in [2.05, 4.69) is 5.10 Å². The monoisotopic (exact) mass is 258 g/mol. The number of aromatic nitrogens is 2. The molecule has 5 heteroatoms. The highest BCUT2D eigenvalue weighted by molar-refractivity contribution is 5.84. The summed E-state index contributed by atoms with van der Waals surface area (Å²) in [6.07, 6.45) is 0. The molecule has 0 aliphatic rings. The van der Waals surface area contributed by atoms with Crippen molar-refractivity contribution in [1.29, 1.82) is 0 Å². The number of benzene rings is 1. The average molecular weight is 258 g/mol. The molecule has 1 aromatic carbocycles. The lowest BCUT2D eigenvalue weighted by molar-refractivity contribution is 0.0688. The fraction of sp³-hybridized carbons (Fsp3) is 0.214. The average Bonchev–Trinajstić information content (AvgIpc) is 2.29. The van der Waals surface area contributed by atoms with Crippen LogP contribution in [0.15, 0.2) is 29.1 Å². The van der Waals surface area contributed by atoms with E-state index in [9.17, 15) is 9.59 Å². The van der Waals surface area contributed by atoms with Gasteiger partial charge >= 0.3 is 5.97 Å². The van der Waals surface area contributed by atoms with Crippen LogP contribution in [0.4, 0.5) is 0 Å². The van der Waals surface area contributed by atoms with Crippen molar-refractivity contribution in [3.8, 4) is 5.69 Å². The van der Waals surface area contributed by atoms with Gasteiger partial charge in [0.05, 0.1) is 5.69 Å². The highest BCUT2D eigenvalue weighted by Gasteiger charge is 2.12. The lowest BCUT2D eigenvalue weighted by Gasteiger charge is -2.12. The Balaban J connectivity index is 2.75. The summed E-state index contributed by atoms with van der Waals surface area (Å²) in [6, 6.07) is 6.29. The molecule has 0 aliphatic heterocycles. The lowest BCUT2D eigenvalue weighted by atomic mass is 10.1. The van der Waals surface area contributed by atoms with Gasteiger partial charge in [0.25, 0.3) is 5.56 Å². The first-order valence-electron chi connectivity index (χ1n) is 5.82. The van der Waals surface area contributed by atoms with Crippen LogP contribution in [0.2, 0.25) is 0 Å². The van der Waals surface area contributed by atoms with Crippen LogP contribution in [0.3, 0.4) is 0 Å². The number of hydrogen-bond donors (Lipinski definition) is 1. The third-order valence-corrected chi connectivity index (χ3v) is 2.87. The van der Waals surface area contributed by atoms with Gasteiger partial charge in [0.1, 0.15) is 0 Å². The summed E-state index contributed by atoms with van der Waals surface area (Å²) in [5.74, 6) is -1.16. The van der Waals surface area contributed by atoms with E-state index in [0.29, 0.717) is 5.69 Å². The van der Waals surface area contributed by atoms with E-state index < -0.39 is 5.97 Å². The molecule has 5 nitrogen and oxygen atoms in total. The maximum absolute atomic E-state index is 11.9. The highest BCUT2D eigenvalue weighted by Crippen LogP contribution is 2.18. The molecular formula is C14H14N2O3. The van der Waals surface area contributed by atoms with Crippen molar-refractivity contribution in [3.63, 3.8) is 0 Å². The molecule has 0 bridgehead atoms.